The molecular weight excluding hydrogens is 391 g/mol. The highest BCUT2D eigenvalue weighted by molar-refractivity contribution is 8.04. The van der Waals surface area contributed by atoms with Gasteiger partial charge in [0, 0.05) is 24.8 Å². The summed E-state index contributed by atoms with van der Waals surface area (Å²) in [6, 6.07) is 6.75. The maximum atomic E-state index is 13.3. The molecule has 2 atom stereocenters. The molecule has 0 spiro atoms. The van der Waals surface area contributed by atoms with Crippen molar-refractivity contribution in [2.24, 2.45) is 5.73 Å². The van der Waals surface area contributed by atoms with Crippen LogP contribution in [0.1, 0.15) is 38.7 Å². The molecule has 156 valence electrons. The fourth-order valence-corrected chi connectivity index (χ4v) is 5.67. The highest BCUT2D eigenvalue weighted by Crippen LogP contribution is 2.43. The number of likely N-dealkylation sites (N-methyl/N-ethyl adjacent to an activating group) is 1. The Kier molecular flexibility index (Phi) is 5.57. The summed E-state index contributed by atoms with van der Waals surface area (Å²) in [5, 5.41) is 0. The molecule has 29 heavy (non-hydrogen) atoms. The molecule has 0 radical (unpaired) electrons. The lowest BCUT2D eigenvalue weighted by molar-refractivity contribution is -0.134. The van der Waals surface area contributed by atoms with Crippen molar-refractivity contribution in [2.75, 3.05) is 13.1 Å². The number of nitrogens with two attached hydrogens (primary N) is 1. The van der Waals surface area contributed by atoms with Gasteiger partial charge in [-0.3, -0.25) is 14.5 Å². The van der Waals surface area contributed by atoms with Crippen LogP contribution >= 0.6 is 11.8 Å². The Hall–Kier alpha value is -2.06. The lowest BCUT2D eigenvalue weighted by Crippen LogP contribution is -2.48. The first kappa shape index (κ1) is 20.2. The quantitative estimate of drug-likeness (QED) is 0.737. The smallest absolute Gasteiger partial charge is 0.257 e. The van der Waals surface area contributed by atoms with Gasteiger partial charge >= 0.3 is 0 Å². The van der Waals surface area contributed by atoms with E-state index in [1.54, 1.807) is 12.1 Å². The standard InChI is InChI=1S/C21H27FN4O2S/c1-3-24(16-8-9-16)17-10-11-25(20(17)28)21-26(13(2)18(29-21)19(23)27)12-14-4-6-15(22)7-5-14/h4-7,16-17,21H,3,8-12H2,1-2H3,(H2,23,27). The van der Waals surface area contributed by atoms with Gasteiger partial charge in [-0.15, -0.1) is 0 Å². The number of halogens is 1. The van der Waals surface area contributed by atoms with Gasteiger partial charge in [0.2, 0.25) is 5.91 Å². The van der Waals surface area contributed by atoms with Crippen LogP contribution in [0.3, 0.4) is 0 Å². The number of thioether (sulfide) groups is 1. The van der Waals surface area contributed by atoms with Crippen LogP contribution in [0.25, 0.3) is 0 Å². The van der Waals surface area contributed by atoms with Crippen molar-refractivity contribution in [2.45, 2.75) is 57.2 Å². The first-order chi connectivity index (χ1) is 13.9. The minimum Gasteiger partial charge on any atom is -0.365 e. The molecule has 2 heterocycles. The molecule has 2 aliphatic heterocycles. The van der Waals surface area contributed by atoms with Crippen molar-refractivity contribution >= 4 is 23.6 Å². The molecule has 0 bridgehead atoms. The minimum absolute atomic E-state index is 0.0845. The average molecular weight is 419 g/mol. The van der Waals surface area contributed by atoms with Crippen molar-refractivity contribution in [3.8, 4) is 0 Å². The molecule has 1 aromatic carbocycles. The topological polar surface area (TPSA) is 69.9 Å². The molecule has 0 aromatic heterocycles. The number of hydrogen-bond acceptors (Lipinski definition) is 5. The molecule has 1 saturated heterocycles. The molecule has 2 unspecified atom stereocenters. The number of amides is 2. The van der Waals surface area contributed by atoms with Gasteiger partial charge in [-0.1, -0.05) is 30.8 Å². The van der Waals surface area contributed by atoms with Gasteiger partial charge in [-0.05, 0) is 50.4 Å². The second kappa shape index (κ2) is 7.99. The lowest BCUT2D eigenvalue weighted by atomic mass is 10.2. The Balaban J connectivity index is 1.57. The van der Waals surface area contributed by atoms with Gasteiger partial charge in [0.05, 0.1) is 10.9 Å². The number of rotatable bonds is 7. The van der Waals surface area contributed by atoms with Crippen LogP contribution in [-0.4, -0.2) is 57.2 Å². The van der Waals surface area contributed by atoms with E-state index in [9.17, 15) is 14.0 Å². The number of nitrogens with zero attached hydrogens (tertiary/aromatic N) is 3. The van der Waals surface area contributed by atoms with Crippen LogP contribution in [0.15, 0.2) is 34.9 Å². The van der Waals surface area contributed by atoms with E-state index < -0.39 is 5.91 Å². The molecule has 3 aliphatic rings. The molecular formula is C21H27FN4O2S. The highest BCUT2D eigenvalue weighted by atomic mass is 32.2. The summed E-state index contributed by atoms with van der Waals surface area (Å²) < 4.78 is 13.3. The summed E-state index contributed by atoms with van der Waals surface area (Å²) in [4.78, 5) is 32.0. The van der Waals surface area contributed by atoms with E-state index in [0.717, 1.165) is 24.2 Å². The molecule has 1 aromatic rings. The van der Waals surface area contributed by atoms with Gasteiger partial charge in [0.1, 0.15) is 5.82 Å². The Bertz CT molecular complexity index is 840. The number of hydrogen-bond donors (Lipinski definition) is 1. The van der Waals surface area contributed by atoms with Crippen molar-refractivity contribution in [3.63, 3.8) is 0 Å². The van der Waals surface area contributed by atoms with E-state index in [-0.39, 0.29) is 23.3 Å². The maximum absolute atomic E-state index is 13.3. The van der Waals surface area contributed by atoms with Gasteiger partial charge in [-0.25, -0.2) is 4.39 Å². The Morgan fingerprint density at radius 3 is 2.55 bits per heavy atom. The second-order valence-electron chi connectivity index (χ2n) is 7.88. The van der Waals surface area contributed by atoms with Gasteiger partial charge in [0.25, 0.3) is 5.91 Å². The number of primary amides is 1. The van der Waals surface area contributed by atoms with Crippen molar-refractivity contribution in [3.05, 3.63) is 46.2 Å². The first-order valence-corrected chi connectivity index (χ1v) is 11.0. The third kappa shape index (κ3) is 3.88. The largest absolute Gasteiger partial charge is 0.365 e. The highest BCUT2D eigenvalue weighted by Gasteiger charge is 2.47. The zero-order chi connectivity index (χ0) is 20.7. The first-order valence-electron chi connectivity index (χ1n) is 10.1. The van der Waals surface area contributed by atoms with Crippen molar-refractivity contribution < 1.29 is 14.0 Å². The summed E-state index contributed by atoms with van der Waals surface area (Å²) in [5.74, 6) is -0.641. The average Bonchev–Trinajstić information content (AvgIpc) is 3.39. The number of allylic oxidation sites excluding steroid dienone is 1. The van der Waals surface area contributed by atoms with Crippen LogP contribution < -0.4 is 5.73 Å². The maximum Gasteiger partial charge on any atom is 0.257 e. The number of benzene rings is 1. The van der Waals surface area contributed by atoms with E-state index >= 15 is 0 Å². The van der Waals surface area contributed by atoms with Crippen LogP contribution in [-0.2, 0) is 16.1 Å². The summed E-state index contributed by atoms with van der Waals surface area (Å²) >= 11 is 1.35. The van der Waals surface area contributed by atoms with E-state index in [1.807, 2.05) is 16.7 Å². The summed E-state index contributed by atoms with van der Waals surface area (Å²) in [6.45, 7) is 5.97. The van der Waals surface area contributed by atoms with Crippen molar-refractivity contribution in [1.29, 1.82) is 0 Å². The molecule has 2 fully saturated rings. The molecule has 1 aliphatic carbocycles. The fourth-order valence-electron chi connectivity index (χ4n) is 4.35. The van der Waals surface area contributed by atoms with Crippen LogP contribution in [0, 0.1) is 5.82 Å². The van der Waals surface area contributed by atoms with Gasteiger partial charge in [-0.2, -0.15) is 0 Å². The molecule has 8 heteroatoms. The number of carbonyl (C=O) groups is 2. The molecule has 4 rings (SSSR count). The number of likely N-dealkylation sites (tertiary alicyclic amines) is 1. The summed E-state index contributed by atoms with van der Waals surface area (Å²) in [7, 11) is 0. The zero-order valence-electron chi connectivity index (χ0n) is 16.8. The molecule has 2 amide bonds. The van der Waals surface area contributed by atoms with Crippen molar-refractivity contribution in [1.82, 2.24) is 14.7 Å². The van der Waals surface area contributed by atoms with Crippen LogP contribution in [0.2, 0.25) is 0 Å². The molecule has 1 saturated carbocycles. The normalized spacial score (nSPS) is 24.9. The zero-order valence-corrected chi connectivity index (χ0v) is 17.6. The van der Waals surface area contributed by atoms with Gasteiger partial charge < -0.3 is 15.5 Å². The Morgan fingerprint density at radius 1 is 1.28 bits per heavy atom. The third-order valence-electron chi connectivity index (χ3n) is 6.00. The second-order valence-corrected chi connectivity index (χ2v) is 8.94. The van der Waals surface area contributed by atoms with Crippen LogP contribution in [0.4, 0.5) is 4.39 Å². The fraction of sp³-hybridized carbons (Fsp3) is 0.524. The lowest BCUT2D eigenvalue weighted by Gasteiger charge is -2.35. The third-order valence-corrected chi connectivity index (χ3v) is 7.45. The Labute approximate surface area is 174 Å². The van der Waals surface area contributed by atoms with Gasteiger partial charge in [0.15, 0.2) is 5.50 Å². The van der Waals surface area contributed by atoms with E-state index in [0.29, 0.717) is 24.0 Å². The van der Waals surface area contributed by atoms with E-state index in [1.165, 1.54) is 36.7 Å². The van der Waals surface area contributed by atoms with E-state index in [2.05, 4.69) is 11.8 Å². The Morgan fingerprint density at radius 2 is 1.97 bits per heavy atom. The predicted molar refractivity (Wildman–Crippen MR) is 111 cm³/mol. The summed E-state index contributed by atoms with van der Waals surface area (Å²) in [5.41, 5.74) is 6.97. The van der Waals surface area contributed by atoms with Crippen LogP contribution in [0.5, 0.6) is 0 Å². The summed E-state index contributed by atoms with van der Waals surface area (Å²) in [6.07, 6.45) is 3.13. The molecule has 2 N–H and O–H groups in total. The predicted octanol–water partition coefficient (Wildman–Crippen LogP) is 2.46. The monoisotopic (exact) mass is 418 g/mol. The minimum atomic E-state index is -0.476. The SMILES string of the molecule is CCN(C1CC1)C1CCN(C2SC(C(N)=O)=C(C)N2Cc2ccc(F)cc2)C1=O. The molecule has 6 nitrogen and oxygen atoms in total. The number of carbonyl (C=O) groups excluding carboxylic acids is 2. The van der Waals surface area contributed by atoms with E-state index in [4.69, 9.17) is 5.73 Å².